The zero-order valence-corrected chi connectivity index (χ0v) is 9.65. The number of carbonyl (C=O) groups excluding carboxylic acids is 1. The van der Waals surface area contributed by atoms with Gasteiger partial charge in [0.1, 0.15) is 5.38 Å². The van der Waals surface area contributed by atoms with Gasteiger partial charge in [-0.3, -0.25) is 4.79 Å². The summed E-state index contributed by atoms with van der Waals surface area (Å²) in [7, 11) is 0. The van der Waals surface area contributed by atoms with Crippen LogP contribution in [0.2, 0.25) is 0 Å². The van der Waals surface area contributed by atoms with Gasteiger partial charge in [-0.15, -0.1) is 23.4 Å². The summed E-state index contributed by atoms with van der Waals surface area (Å²) in [6.07, 6.45) is 1.94. The lowest BCUT2D eigenvalue weighted by Crippen LogP contribution is -2.02. The van der Waals surface area contributed by atoms with Crippen LogP contribution < -0.4 is 5.73 Å². The topological polar surface area (TPSA) is 43.1 Å². The lowest BCUT2D eigenvalue weighted by molar-refractivity contribution is -0.116. The molecule has 2 nitrogen and oxygen atoms in total. The highest BCUT2D eigenvalue weighted by Gasteiger charge is 2.13. The van der Waals surface area contributed by atoms with Crippen molar-refractivity contribution in [2.24, 2.45) is 0 Å². The largest absolute Gasteiger partial charge is 0.398 e. The third kappa shape index (κ3) is 2.42. The number of benzene rings is 1. The minimum absolute atomic E-state index is 0.0523. The van der Waals surface area contributed by atoms with Gasteiger partial charge in [0.25, 0.3) is 0 Å². The number of halogens is 1. The third-order valence-corrected chi connectivity index (χ3v) is 3.26. The average molecular weight is 230 g/mol. The number of ketones is 1. The number of hydrogen-bond acceptors (Lipinski definition) is 3. The van der Waals surface area contributed by atoms with E-state index in [9.17, 15) is 4.79 Å². The maximum absolute atomic E-state index is 11.1. The van der Waals surface area contributed by atoms with Crippen molar-refractivity contribution < 1.29 is 4.79 Å². The number of anilines is 1. The molecule has 0 fully saturated rings. The van der Waals surface area contributed by atoms with E-state index in [1.165, 1.54) is 6.92 Å². The maximum atomic E-state index is 11.1. The summed E-state index contributed by atoms with van der Waals surface area (Å²) in [5.74, 6) is -0.0523. The van der Waals surface area contributed by atoms with Gasteiger partial charge < -0.3 is 5.73 Å². The molecule has 1 aromatic rings. The fraction of sp³-hybridized carbons (Fsp3) is 0.300. The first-order valence-corrected chi connectivity index (χ1v) is 5.80. The number of Topliss-reactive ketones (excluding diaryl/α,β-unsaturated/α-hetero) is 1. The Labute approximate surface area is 92.8 Å². The molecule has 4 heteroatoms. The van der Waals surface area contributed by atoms with Gasteiger partial charge in [-0.05, 0) is 30.9 Å². The van der Waals surface area contributed by atoms with E-state index in [1.54, 1.807) is 23.9 Å². The number of rotatable bonds is 3. The van der Waals surface area contributed by atoms with Crippen molar-refractivity contribution in [1.82, 2.24) is 0 Å². The van der Waals surface area contributed by atoms with Crippen LogP contribution in [0.25, 0.3) is 0 Å². The molecule has 2 N–H and O–H groups in total. The van der Waals surface area contributed by atoms with E-state index in [1.807, 2.05) is 12.3 Å². The average Bonchev–Trinajstić information content (AvgIpc) is 2.17. The fourth-order valence-corrected chi connectivity index (χ4v) is 1.81. The molecule has 0 aliphatic rings. The number of carbonyl (C=O) groups is 1. The number of alkyl halides is 1. The van der Waals surface area contributed by atoms with Crippen LogP contribution in [0.4, 0.5) is 5.69 Å². The first-order valence-electron chi connectivity index (χ1n) is 4.14. The number of nitrogens with two attached hydrogens (primary N) is 1. The summed E-state index contributed by atoms with van der Waals surface area (Å²) in [4.78, 5) is 12.0. The molecule has 0 heterocycles. The Morgan fingerprint density at radius 1 is 1.57 bits per heavy atom. The molecule has 1 aromatic carbocycles. The van der Waals surface area contributed by atoms with Gasteiger partial charge in [-0.1, -0.05) is 6.07 Å². The van der Waals surface area contributed by atoms with Crippen LogP contribution in [-0.2, 0) is 4.79 Å². The van der Waals surface area contributed by atoms with Crippen molar-refractivity contribution in [3.63, 3.8) is 0 Å². The van der Waals surface area contributed by atoms with E-state index < -0.39 is 5.38 Å². The summed E-state index contributed by atoms with van der Waals surface area (Å²) < 4.78 is 0. The molecule has 76 valence electrons. The summed E-state index contributed by atoms with van der Waals surface area (Å²) in [6.45, 7) is 1.48. The molecule has 0 saturated heterocycles. The first kappa shape index (κ1) is 11.4. The Bertz CT molecular complexity index is 354. The van der Waals surface area contributed by atoms with E-state index in [4.69, 9.17) is 17.3 Å². The minimum atomic E-state index is -0.568. The van der Waals surface area contributed by atoms with Crippen LogP contribution in [0, 0.1) is 0 Å². The highest BCUT2D eigenvalue weighted by atomic mass is 35.5. The molecule has 14 heavy (non-hydrogen) atoms. The monoisotopic (exact) mass is 229 g/mol. The first-order chi connectivity index (χ1) is 6.56. The summed E-state index contributed by atoms with van der Waals surface area (Å²) in [6, 6.07) is 5.42. The number of nitrogen functional groups attached to an aromatic ring is 1. The second kappa shape index (κ2) is 4.71. The Morgan fingerprint density at radius 2 is 2.21 bits per heavy atom. The second-order valence-electron chi connectivity index (χ2n) is 2.97. The van der Waals surface area contributed by atoms with E-state index in [-0.39, 0.29) is 5.78 Å². The third-order valence-electron chi connectivity index (χ3n) is 1.91. The lowest BCUT2D eigenvalue weighted by atomic mass is 10.1. The fourth-order valence-electron chi connectivity index (χ4n) is 1.12. The molecule has 0 aliphatic carbocycles. The summed E-state index contributed by atoms with van der Waals surface area (Å²) >= 11 is 7.47. The minimum Gasteiger partial charge on any atom is -0.398 e. The van der Waals surface area contributed by atoms with E-state index in [0.29, 0.717) is 5.69 Å². The predicted molar refractivity (Wildman–Crippen MR) is 61.9 cm³/mol. The molecule has 0 saturated carbocycles. The van der Waals surface area contributed by atoms with Gasteiger partial charge >= 0.3 is 0 Å². The predicted octanol–water partition coefficient (Wildman–Crippen LogP) is 2.86. The van der Waals surface area contributed by atoms with Crippen LogP contribution in [-0.4, -0.2) is 12.0 Å². The Morgan fingerprint density at radius 3 is 2.71 bits per heavy atom. The Kier molecular flexibility index (Phi) is 3.84. The molecule has 1 atom stereocenters. The zero-order valence-electron chi connectivity index (χ0n) is 8.08. The smallest absolute Gasteiger partial charge is 0.152 e. The SMILES string of the molecule is CSc1cc(C(Cl)C(C)=O)ccc1N. The van der Waals surface area contributed by atoms with Crippen molar-refractivity contribution in [1.29, 1.82) is 0 Å². The normalized spacial score (nSPS) is 12.5. The molecule has 0 bridgehead atoms. The van der Waals surface area contributed by atoms with Crippen LogP contribution in [0.3, 0.4) is 0 Å². The van der Waals surface area contributed by atoms with Crippen LogP contribution in [0.15, 0.2) is 23.1 Å². The van der Waals surface area contributed by atoms with E-state index in [2.05, 4.69) is 0 Å². The van der Waals surface area contributed by atoms with Crippen LogP contribution in [0.1, 0.15) is 17.9 Å². The van der Waals surface area contributed by atoms with Crippen molar-refractivity contribution in [2.45, 2.75) is 17.2 Å². The number of thioether (sulfide) groups is 1. The van der Waals surface area contributed by atoms with E-state index >= 15 is 0 Å². The van der Waals surface area contributed by atoms with Gasteiger partial charge in [0.05, 0.1) is 0 Å². The van der Waals surface area contributed by atoms with Gasteiger partial charge in [0, 0.05) is 10.6 Å². The Balaban J connectivity index is 3.06. The summed E-state index contributed by atoms with van der Waals surface area (Å²) in [5, 5.41) is -0.568. The van der Waals surface area contributed by atoms with Gasteiger partial charge in [-0.2, -0.15) is 0 Å². The molecule has 0 aromatic heterocycles. The standard InChI is InChI=1S/C10H12ClNOS/c1-6(13)10(11)7-3-4-8(12)9(5-7)14-2/h3-5,10H,12H2,1-2H3. The number of hydrogen-bond donors (Lipinski definition) is 1. The molecule has 0 radical (unpaired) electrons. The molecule has 0 amide bonds. The van der Waals surface area contributed by atoms with Crippen molar-refractivity contribution in [3.05, 3.63) is 23.8 Å². The van der Waals surface area contributed by atoms with E-state index in [0.717, 1.165) is 10.5 Å². The van der Waals surface area contributed by atoms with Crippen LogP contribution >= 0.6 is 23.4 Å². The van der Waals surface area contributed by atoms with Crippen molar-refractivity contribution in [3.8, 4) is 0 Å². The maximum Gasteiger partial charge on any atom is 0.152 e. The molecule has 1 rings (SSSR count). The highest BCUT2D eigenvalue weighted by Crippen LogP contribution is 2.29. The molecular weight excluding hydrogens is 218 g/mol. The van der Waals surface area contributed by atoms with Crippen LogP contribution in [0.5, 0.6) is 0 Å². The van der Waals surface area contributed by atoms with Gasteiger partial charge in [-0.25, -0.2) is 0 Å². The molecule has 1 unspecified atom stereocenters. The Hall–Kier alpha value is -0.670. The van der Waals surface area contributed by atoms with Gasteiger partial charge in [0.2, 0.25) is 0 Å². The van der Waals surface area contributed by atoms with Crippen molar-refractivity contribution >= 4 is 34.8 Å². The van der Waals surface area contributed by atoms with Crippen molar-refractivity contribution in [2.75, 3.05) is 12.0 Å². The van der Waals surface area contributed by atoms with Gasteiger partial charge in [0.15, 0.2) is 5.78 Å². The molecule has 0 aliphatic heterocycles. The molecular formula is C10H12ClNOS. The highest BCUT2D eigenvalue weighted by molar-refractivity contribution is 7.98. The quantitative estimate of drug-likeness (QED) is 0.493. The summed E-state index contributed by atoms with van der Waals surface area (Å²) in [5.41, 5.74) is 7.25. The second-order valence-corrected chi connectivity index (χ2v) is 4.26. The zero-order chi connectivity index (χ0) is 10.7. The molecule has 0 spiro atoms. The lowest BCUT2D eigenvalue weighted by Gasteiger charge is -2.09.